The van der Waals surface area contributed by atoms with Gasteiger partial charge in [0.1, 0.15) is 5.75 Å². The highest BCUT2D eigenvalue weighted by Crippen LogP contribution is 2.57. The number of benzene rings is 1. The first kappa shape index (κ1) is 15.6. The molecule has 0 saturated heterocycles. The van der Waals surface area contributed by atoms with E-state index in [0.717, 1.165) is 23.1 Å². The highest BCUT2D eigenvalue weighted by molar-refractivity contribution is 6.00. The third-order valence-electron chi connectivity index (χ3n) is 6.32. The minimum absolute atomic E-state index is 0.0119. The normalized spacial score (nSPS) is 30.1. The van der Waals surface area contributed by atoms with E-state index in [0.29, 0.717) is 18.1 Å². The molecule has 0 bridgehead atoms. The van der Waals surface area contributed by atoms with Gasteiger partial charge in [0.2, 0.25) is 0 Å². The summed E-state index contributed by atoms with van der Waals surface area (Å²) in [5.74, 6) is 1.21. The van der Waals surface area contributed by atoms with Crippen LogP contribution in [0.5, 0.6) is 5.75 Å². The van der Waals surface area contributed by atoms with Gasteiger partial charge in [-0.15, -0.1) is 0 Å². The molecule has 2 heteroatoms. The molecule has 0 spiro atoms. The SMILES string of the molecule is CC(C)c1cc2c(cc1O)[C@]1(C)CCCC(C)(C)[C@H]1CC2=O. The summed E-state index contributed by atoms with van der Waals surface area (Å²) in [4.78, 5) is 12.8. The molecule has 1 fully saturated rings. The number of carbonyl (C=O) groups is 1. The number of aromatic hydroxyl groups is 1. The van der Waals surface area contributed by atoms with Crippen molar-refractivity contribution in [1.82, 2.24) is 0 Å². The van der Waals surface area contributed by atoms with E-state index in [1.807, 2.05) is 12.1 Å². The monoisotopic (exact) mass is 300 g/mol. The van der Waals surface area contributed by atoms with Crippen LogP contribution in [0.3, 0.4) is 0 Å². The number of rotatable bonds is 1. The van der Waals surface area contributed by atoms with Gasteiger partial charge in [-0.2, -0.15) is 0 Å². The third-order valence-corrected chi connectivity index (χ3v) is 6.32. The average molecular weight is 300 g/mol. The molecule has 1 N–H and O–H groups in total. The van der Waals surface area contributed by atoms with Crippen molar-refractivity contribution < 1.29 is 9.90 Å². The molecule has 0 amide bonds. The second kappa shape index (κ2) is 4.84. The summed E-state index contributed by atoms with van der Waals surface area (Å²) in [5.41, 5.74) is 3.04. The van der Waals surface area contributed by atoms with Crippen LogP contribution in [0, 0.1) is 11.3 Å². The standard InChI is InChI=1S/C20H28O2/c1-12(2)13-9-14-15(10-16(13)21)20(5)8-6-7-19(3,4)18(20)11-17(14)22/h9-10,12,18,21H,6-8,11H2,1-5H3/t18-,20+/m1/s1. The number of hydrogen-bond donors (Lipinski definition) is 1. The van der Waals surface area contributed by atoms with E-state index in [2.05, 4.69) is 34.6 Å². The Morgan fingerprint density at radius 1 is 1.18 bits per heavy atom. The van der Waals surface area contributed by atoms with Gasteiger partial charge in [-0.05, 0) is 58.8 Å². The van der Waals surface area contributed by atoms with Crippen LogP contribution in [-0.2, 0) is 5.41 Å². The molecule has 2 aliphatic rings. The summed E-state index contributed by atoms with van der Waals surface area (Å²) in [6, 6.07) is 3.86. The molecule has 1 saturated carbocycles. The fourth-order valence-electron chi connectivity index (χ4n) is 5.01. The molecule has 2 aliphatic carbocycles. The minimum atomic E-state index is 0.0119. The number of fused-ring (bicyclic) bond motifs is 3. The molecule has 22 heavy (non-hydrogen) atoms. The maximum absolute atomic E-state index is 12.8. The molecule has 0 heterocycles. The van der Waals surface area contributed by atoms with Crippen molar-refractivity contribution in [3.05, 3.63) is 28.8 Å². The van der Waals surface area contributed by atoms with Crippen LogP contribution in [0.2, 0.25) is 0 Å². The molecular formula is C20H28O2. The van der Waals surface area contributed by atoms with Gasteiger partial charge in [0.25, 0.3) is 0 Å². The van der Waals surface area contributed by atoms with Crippen molar-refractivity contribution in [3.63, 3.8) is 0 Å². The van der Waals surface area contributed by atoms with E-state index < -0.39 is 0 Å². The molecule has 120 valence electrons. The highest BCUT2D eigenvalue weighted by Gasteiger charge is 2.52. The van der Waals surface area contributed by atoms with E-state index in [1.54, 1.807) is 0 Å². The Hall–Kier alpha value is -1.31. The van der Waals surface area contributed by atoms with Crippen molar-refractivity contribution in [2.75, 3.05) is 0 Å². The van der Waals surface area contributed by atoms with Crippen LogP contribution in [0.25, 0.3) is 0 Å². The van der Waals surface area contributed by atoms with Crippen LogP contribution in [0.1, 0.15) is 87.7 Å². The van der Waals surface area contributed by atoms with Crippen molar-refractivity contribution in [2.24, 2.45) is 11.3 Å². The summed E-state index contributed by atoms with van der Waals surface area (Å²) in [7, 11) is 0. The van der Waals surface area contributed by atoms with Gasteiger partial charge < -0.3 is 5.11 Å². The van der Waals surface area contributed by atoms with E-state index >= 15 is 0 Å². The molecule has 0 aliphatic heterocycles. The summed E-state index contributed by atoms with van der Waals surface area (Å²) >= 11 is 0. The van der Waals surface area contributed by atoms with Crippen molar-refractivity contribution >= 4 is 5.78 Å². The van der Waals surface area contributed by atoms with Crippen LogP contribution in [-0.4, -0.2) is 10.9 Å². The molecule has 2 atom stereocenters. The molecule has 1 aromatic rings. The van der Waals surface area contributed by atoms with Gasteiger partial charge in [0, 0.05) is 12.0 Å². The van der Waals surface area contributed by atoms with Crippen LogP contribution < -0.4 is 0 Å². The number of hydrogen-bond acceptors (Lipinski definition) is 2. The summed E-state index contributed by atoms with van der Waals surface area (Å²) in [6.07, 6.45) is 4.15. The number of phenolic OH excluding ortho intramolecular Hbond substituents is 1. The smallest absolute Gasteiger partial charge is 0.163 e. The Labute approximate surface area is 133 Å². The van der Waals surface area contributed by atoms with Crippen molar-refractivity contribution in [2.45, 2.75) is 71.6 Å². The second-order valence-corrected chi connectivity index (χ2v) is 8.55. The largest absolute Gasteiger partial charge is 0.508 e. The van der Waals surface area contributed by atoms with Gasteiger partial charge in [-0.1, -0.05) is 41.0 Å². The van der Waals surface area contributed by atoms with Gasteiger partial charge in [0.15, 0.2) is 5.78 Å². The van der Waals surface area contributed by atoms with Crippen LogP contribution >= 0.6 is 0 Å². The average Bonchev–Trinajstić information content (AvgIpc) is 2.41. The first-order valence-corrected chi connectivity index (χ1v) is 8.57. The zero-order chi connectivity index (χ0) is 16.3. The van der Waals surface area contributed by atoms with Gasteiger partial charge in [-0.3, -0.25) is 4.79 Å². The molecule has 0 radical (unpaired) electrons. The lowest BCUT2D eigenvalue weighted by molar-refractivity contribution is 0.0367. The molecule has 0 unspecified atom stereocenters. The zero-order valence-electron chi connectivity index (χ0n) is 14.5. The first-order chi connectivity index (χ1) is 10.2. The first-order valence-electron chi connectivity index (χ1n) is 8.57. The highest BCUT2D eigenvalue weighted by atomic mass is 16.3. The van der Waals surface area contributed by atoms with E-state index in [-0.39, 0.29) is 22.5 Å². The van der Waals surface area contributed by atoms with Crippen molar-refractivity contribution in [3.8, 4) is 5.75 Å². The Morgan fingerprint density at radius 3 is 2.50 bits per heavy atom. The quantitative estimate of drug-likeness (QED) is 0.775. The number of Topliss-reactive ketones (excluding diaryl/α,β-unsaturated/α-hetero) is 1. The summed E-state index contributed by atoms with van der Waals surface area (Å²) in [6.45, 7) is 11.0. The Bertz CT molecular complexity index is 627. The van der Waals surface area contributed by atoms with Crippen molar-refractivity contribution in [1.29, 1.82) is 0 Å². The Balaban J connectivity index is 2.20. The number of carbonyl (C=O) groups excluding carboxylic acids is 1. The summed E-state index contributed by atoms with van der Waals surface area (Å²) < 4.78 is 0. The van der Waals surface area contributed by atoms with Gasteiger partial charge >= 0.3 is 0 Å². The fourth-order valence-corrected chi connectivity index (χ4v) is 5.01. The van der Waals surface area contributed by atoms with Crippen LogP contribution in [0.15, 0.2) is 12.1 Å². The molecular weight excluding hydrogens is 272 g/mol. The molecule has 1 aromatic carbocycles. The summed E-state index contributed by atoms with van der Waals surface area (Å²) in [5, 5.41) is 10.4. The fraction of sp³-hybridized carbons (Fsp3) is 0.650. The minimum Gasteiger partial charge on any atom is -0.508 e. The third kappa shape index (κ3) is 2.11. The van der Waals surface area contributed by atoms with Gasteiger partial charge in [0.05, 0.1) is 0 Å². The lowest BCUT2D eigenvalue weighted by atomic mass is 9.50. The lowest BCUT2D eigenvalue weighted by Crippen LogP contribution is -2.49. The van der Waals surface area contributed by atoms with E-state index in [1.165, 1.54) is 12.8 Å². The predicted molar refractivity (Wildman–Crippen MR) is 89.6 cm³/mol. The molecule has 0 aromatic heterocycles. The maximum Gasteiger partial charge on any atom is 0.163 e. The Morgan fingerprint density at radius 2 is 1.86 bits per heavy atom. The maximum atomic E-state index is 12.8. The molecule has 3 rings (SSSR count). The van der Waals surface area contributed by atoms with E-state index in [9.17, 15) is 9.90 Å². The second-order valence-electron chi connectivity index (χ2n) is 8.55. The Kier molecular flexibility index (Phi) is 3.43. The van der Waals surface area contributed by atoms with Crippen LogP contribution in [0.4, 0.5) is 0 Å². The predicted octanol–water partition coefficient (Wildman–Crippen LogP) is 5.19. The topological polar surface area (TPSA) is 37.3 Å². The zero-order valence-corrected chi connectivity index (χ0v) is 14.5. The number of ketones is 1. The van der Waals surface area contributed by atoms with E-state index in [4.69, 9.17) is 0 Å². The molecule has 2 nitrogen and oxygen atoms in total. The number of phenols is 1. The van der Waals surface area contributed by atoms with Gasteiger partial charge in [-0.25, -0.2) is 0 Å². The lowest BCUT2D eigenvalue weighted by Gasteiger charge is -2.53.